The third kappa shape index (κ3) is 3.99. The average molecular weight is 335 g/mol. The minimum absolute atomic E-state index is 0.258. The van der Waals surface area contributed by atoms with Gasteiger partial charge in [-0.15, -0.1) is 0 Å². The lowest BCUT2D eigenvalue weighted by atomic mass is 10.1. The summed E-state index contributed by atoms with van der Waals surface area (Å²) in [6.07, 6.45) is 1.05. The number of carbonyl (C=O) groups excluding carboxylic acids is 1. The molecule has 1 aromatic carbocycles. The molecule has 0 saturated carbocycles. The number of rotatable bonds is 5. The Morgan fingerprint density at radius 1 is 1.50 bits per heavy atom. The van der Waals surface area contributed by atoms with Gasteiger partial charge >= 0.3 is 5.97 Å². The summed E-state index contributed by atoms with van der Waals surface area (Å²) in [6, 6.07) is 3.95. The Bertz CT molecular complexity index is 465. The molecule has 0 radical (unpaired) electrons. The van der Waals surface area contributed by atoms with Crippen LogP contribution < -0.4 is 5.32 Å². The zero-order chi connectivity index (χ0) is 13.7. The molecule has 0 aliphatic rings. The molecule has 1 atom stereocenters. The molecule has 98 valence electrons. The topological polar surface area (TPSA) is 66.4 Å². The molecule has 0 aliphatic heterocycles. The van der Waals surface area contributed by atoms with Crippen molar-refractivity contribution in [2.75, 3.05) is 0 Å². The third-order valence-electron chi connectivity index (χ3n) is 2.35. The quantitative estimate of drug-likeness (QED) is 0.869. The van der Waals surface area contributed by atoms with Gasteiger partial charge in [0.25, 0.3) is 5.91 Å². The predicted molar refractivity (Wildman–Crippen MR) is 73.0 cm³/mol. The molecular formula is C12H13BrClNO3. The smallest absolute Gasteiger partial charge is 0.326 e. The van der Waals surface area contributed by atoms with Crippen LogP contribution in [0.4, 0.5) is 0 Å². The van der Waals surface area contributed by atoms with Crippen molar-refractivity contribution in [3.05, 3.63) is 33.3 Å². The van der Waals surface area contributed by atoms with E-state index in [0.717, 1.165) is 0 Å². The number of amides is 1. The SMILES string of the molecule is CCCC(NC(=O)c1cc(Br)ccc1Cl)C(=O)O. The van der Waals surface area contributed by atoms with E-state index in [-0.39, 0.29) is 10.6 Å². The van der Waals surface area contributed by atoms with Gasteiger partial charge < -0.3 is 10.4 Å². The Morgan fingerprint density at radius 3 is 2.72 bits per heavy atom. The number of aliphatic carboxylic acids is 1. The Hall–Kier alpha value is -1.07. The van der Waals surface area contributed by atoms with Crippen molar-refractivity contribution in [2.45, 2.75) is 25.8 Å². The maximum Gasteiger partial charge on any atom is 0.326 e. The summed E-state index contributed by atoms with van der Waals surface area (Å²) in [4.78, 5) is 22.9. The van der Waals surface area contributed by atoms with Crippen molar-refractivity contribution in [3.63, 3.8) is 0 Å². The highest BCUT2D eigenvalue weighted by atomic mass is 79.9. The highest BCUT2D eigenvalue weighted by Gasteiger charge is 2.20. The fourth-order valence-electron chi connectivity index (χ4n) is 1.45. The first-order valence-corrected chi connectivity index (χ1v) is 6.61. The molecule has 1 rings (SSSR count). The fraction of sp³-hybridized carbons (Fsp3) is 0.333. The van der Waals surface area contributed by atoms with Crippen LogP contribution in [0.1, 0.15) is 30.1 Å². The van der Waals surface area contributed by atoms with Crippen molar-refractivity contribution in [2.24, 2.45) is 0 Å². The Kier molecular flexibility index (Phi) is 5.62. The monoisotopic (exact) mass is 333 g/mol. The number of hydrogen-bond acceptors (Lipinski definition) is 2. The molecule has 4 nitrogen and oxygen atoms in total. The van der Waals surface area contributed by atoms with Crippen molar-refractivity contribution in [1.82, 2.24) is 5.32 Å². The largest absolute Gasteiger partial charge is 0.480 e. The molecule has 1 unspecified atom stereocenters. The van der Waals surface area contributed by atoms with Gasteiger partial charge in [0.05, 0.1) is 10.6 Å². The standard InChI is InChI=1S/C12H13BrClNO3/c1-2-3-10(12(17)18)15-11(16)8-6-7(13)4-5-9(8)14/h4-6,10H,2-3H2,1H3,(H,15,16)(H,17,18). The molecule has 0 aromatic heterocycles. The molecule has 0 aliphatic carbocycles. The van der Waals surface area contributed by atoms with E-state index in [0.29, 0.717) is 17.3 Å². The Balaban J connectivity index is 2.86. The molecule has 1 aromatic rings. The van der Waals surface area contributed by atoms with Crippen LogP contribution in [0.3, 0.4) is 0 Å². The lowest BCUT2D eigenvalue weighted by Gasteiger charge is -2.14. The van der Waals surface area contributed by atoms with E-state index < -0.39 is 17.9 Å². The number of benzene rings is 1. The molecule has 0 spiro atoms. The van der Waals surface area contributed by atoms with E-state index in [9.17, 15) is 9.59 Å². The minimum Gasteiger partial charge on any atom is -0.480 e. The van der Waals surface area contributed by atoms with E-state index in [1.54, 1.807) is 18.2 Å². The first-order valence-electron chi connectivity index (χ1n) is 5.44. The zero-order valence-electron chi connectivity index (χ0n) is 9.74. The normalized spacial score (nSPS) is 11.9. The molecule has 6 heteroatoms. The summed E-state index contributed by atoms with van der Waals surface area (Å²) < 4.78 is 0.708. The van der Waals surface area contributed by atoms with Gasteiger partial charge in [-0.05, 0) is 24.6 Å². The van der Waals surface area contributed by atoms with Crippen LogP contribution in [-0.2, 0) is 4.79 Å². The number of hydrogen-bond donors (Lipinski definition) is 2. The van der Waals surface area contributed by atoms with Gasteiger partial charge in [-0.25, -0.2) is 4.79 Å². The lowest BCUT2D eigenvalue weighted by Crippen LogP contribution is -2.40. The van der Waals surface area contributed by atoms with Gasteiger partial charge in [-0.2, -0.15) is 0 Å². The molecular weight excluding hydrogens is 321 g/mol. The van der Waals surface area contributed by atoms with Gasteiger partial charge in [0, 0.05) is 4.47 Å². The second-order valence-electron chi connectivity index (χ2n) is 3.78. The van der Waals surface area contributed by atoms with Crippen LogP contribution in [0.2, 0.25) is 5.02 Å². The van der Waals surface area contributed by atoms with Crippen LogP contribution in [-0.4, -0.2) is 23.0 Å². The summed E-state index contributed by atoms with van der Waals surface area (Å²) in [5.74, 6) is -1.53. The van der Waals surface area contributed by atoms with Crippen molar-refractivity contribution < 1.29 is 14.7 Å². The van der Waals surface area contributed by atoms with Gasteiger partial charge in [0.15, 0.2) is 0 Å². The lowest BCUT2D eigenvalue weighted by molar-refractivity contribution is -0.139. The molecule has 18 heavy (non-hydrogen) atoms. The number of carboxylic acids is 1. The highest BCUT2D eigenvalue weighted by Crippen LogP contribution is 2.21. The Labute approximate surface area is 118 Å². The second-order valence-corrected chi connectivity index (χ2v) is 5.10. The minimum atomic E-state index is -1.05. The maximum atomic E-state index is 11.9. The summed E-state index contributed by atoms with van der Waals surface area (Å²) in [5, 5.41) is 11.7. The number of carbonyl (C=O) groups is 2. The first-order chi connectivity index (χ1) is 8.45. The van der Waals surface area contributed by atoms with E-state index in [4.69, 9.17) is 16.7 Å². The number of nitrogens with one attached hydrogen (secondary N) is 1. The van der Waals surface area contributed by atoms with Crippen LogP contribution in [0.15, 0.2) is 22.7 Å². The summed E-state index contributed by atoms with van der Waals surface area (Å²) >= 11 is 9.14. The van der Waals surface area contributed by atoms with Gasteiger partial charge in [0.1, 0.15) is 6.04 Å². The van der Waals surface area contributed by atoms with Crippen LogP contribution in [0.5, 0.6) is 0 Å². The second kappa shape index (κ2) is 6.75. The highest BCUT2D eigenvalue weighted by molar-refractivity contribution is 9.10. The van der Waals surface area contributed by atoms with Gasteiger partial charge in [0.2, 0.25) is 0 Å². The van der Waals surface area contributed by atoms with Gasteiger partial charge in [-0.3, -0.25) is 4.79 Å². The van der Waals surface area contributed by atoms with Crippen LogP contribution >= 0.6 is 27.5 Å². The molecule has 0 bridgehead atoms. The maximum absolute atomic E-state index is 11.9. The molecule has 1 amide bonds. The zero-order valence-corrected chi connectivity index (χ0v) is 12.1. The van der Waals surface area contributed by atoms with Crippen molar-refractivity contribution in [1.29, 1.82) is 0 Å². The van der Waals surface area contributed by atoms with Crippen LogP contribution in [0, 0.1) is 0 Å². The van der Waals surface area contributed by atoms with Gasteiger partial charge in [-0.1, -0.05) is 40.9 Å². The summed E-state index contributed by atoms with van der Waals surface area (Å²) in [5.41, 5.74) is 0.258. The number of carboxylic acid groups (broad SMARTS) is 1. The summed E-state index contributed by atoms with van der Waals surface area (Å²) in [7, 11) is 0. The molecule has 2 N–H and O–H groups in total. The number of halogens is 2. The average Bonchev–Trinajstić information content (AvgIpc) is 2.31. The van der Waals surface area contributed by atoms with E-state index in [1.807, 2.05) is 6.92 Å². The van der Waals surface area contributed by atoms with E-state index >= 15 is 0 Å². The fourth-order valence-corrected chi connectivity index (χ4v) is 2.02. The predicted octanol–water partition coefficient (Wildman–Crippen LogP) is 3.09. The first kappa shape index (κ1) is 15.0. The van der Waals surface area contributed by atoms with Crippen molar-refractivity contribution >= 4 is 39.4 Å². The third-order valence-corrected chi connectivity index (χ3v) is 3.18. The van der Waals surface area contributed by atoms with E-state index in [2.05, 4.69) is 21.2 Å². The van der Waals surface area contributed by atoms with Crippen molar-refractivity contribution in [3.8, 4) is 0 Å². The Morgan fingerprint density at radius 2 is 2.17 bits per heavy atom. The van der Waals surface area contributed by atoms with E-state index in [1.165, 1.54) is 0 Å². The summed E-state index contributed by atoms with van der Waals surface area (Å²) in [6.45, 7) is 1.86. The van der Waals surface area contributed by atoms with Crippen LogP contribution in [0.25, 0.3) is 0 Å². The molecule has 0 fully saturated rings. The molecule has 0 heterocycles. The molecule has 0 saturated heterocycles.